The Morgan fingerprint density at radius 2 is 1.96 bits per heavy atom. The topological polar surface area (TPSA) is 44.4 Å². The summed E-state index contributed by atoms with van der Waals surface area (Å²) in [6.45, 7) is 2.55. The molecule has 2 N–H and O–H groups in total. The summed E-state index contributed by atoms with van der Waals surface area (Å²) in [5, 5.41) is 7.34. The number of carbonyl (C=O) groups is 1. The summed E-state index contributed by atoms with van der Waals surface area (Å²) in [7, 11) is 1.61. The van der Waals surface area contributed by atoms with Crippen LogP contribution in [-0.2, 0) is 0 Å². The molecule has 1 amide bonds. The van der Waals surface area contributed by atoms with Crippen LogP contribution in [0.1, 0.15) is 22.0 Å². The van der Waals surface area contributed by atoms with Crippen LogP contribution in [0.3, 0.4) is 0 Å². The molecule has 1 saturated heterocycles. The molecule has 0 radical (unpaired) electrons. The summed E-state index contributed by atoms with van der Waals surface area (Å²) in [6.07, 6.45) is 0. The molecule has 0 unspecified atom stereocenters. The van der Waals surface area contributed by atoms with Gasteiger partial charge in [0.2, 0.25) is 0 Å². The number of halogens is 2. The number of hydrogen-bond acceptors (Lipinski definition) is 3. The summed E-state index contributed by atoms with van der Waals surface area (Å²) in [5.74, 6) is -0.141. The molecule has 0 spiro atoms. The van der Waals surface area contributed by atoms with Crippen molar-refractivity contribution in [1.29, 1.82) is 0 Å². The highest BCUT2D eigenvalue weighted by Gasteiger charge is 2.25. The minimum Gasteiger partial charge on any atom is -0.361 e. The number of carbonyl (C=O) groups excluding carboxylic acids is 1. The Bertz CT molecular complexity index is 734. The van der Waals surface area contributed by atoms with E-state index in [2.05, 4.69) is 15.5 Å². The Morgan fingerprint density at radius 3 is 2.62 bits per heavy atom. The van der Waals surface area contributed by atoms with Gasteiger partial charge in [0.05, 0.1) is 16.8 Å². The van der Waals surface area contributed by atoms with E-state index in [4.69, 9.17) is 23.2 Å². The number of piperazine rings is 1. The van der Waals surface area contributed by atoms with E-state index < -0.39 is 0 Å². The van der Waals surface area contributed by atoms with E-state index in [9.17, 15) is 4.79 Å². The van der Waals surface area contributed by atoms with E-state index in [-0.39, 0.29) is 11.9 Å². The van der Waals surface area contributed by atoms with E-state index in [1.165, 1.54) is 5.56 Å². The molecule has 126 valence electrons. The maximum atomic E-state index is 11.8. The molecule has 1 heterocycles. The number of hydrogen-bond donors (Lipinski definition) is 2. The van der Waals surface area contributed by atoms with E-state index >= 15 is 0 Å². The van der Waals surface area contributed by atoms with Crippen LogP contribution in [0, 0.1) is 0 Å². The van der Waals surface area contributed by atoms with Crippen LogP contribution in [0.4, 0.5) is 5.69 Å². The number of anilines is 1. The van der Waals surface area contributed by atoms with Crippen molar-refractivity contribution in [2.45, 2.75) is 6.04 Å². The Morgan fingerprint density at radius 1 is 1.21 bits per heavy atom. The van der Waals surface area contributed by atoms with Crippen molar-refractivity contribution in [2.24, 2.45) is 0 Å². The highest BCUT2D eigenvalue weighted by molar-refractivity contribution is 6.33. The van der Waals surface area contributed by atoms with Gasteiger partial charge in [-0.2, -0.15) is 0 Å². The summed E-state index contributed by atoms with van der Waals surface area (Å²) in [6, 6.07) is 13.5. The SMILES string of the molecule is CNC(=O)c1ccc(N2CCNC[C@H]2c2ccc(Cl)cc2)c(Cl)c1. The predicted molar refractivity (Wildman–Crippen MR) is 99.3 cm³/mol. The van der Waals surface area contributed by atoms with Gasteiger partial charge in [0.15, 0.2) is 0 Å². The van der Waals surface area contributed by atoms with E-state index in [1.54, 1.807) is 19.2 Å². The summed E-state index contributed by atoms with van der Waals surface area (Å²) in [4.78, 5) is 14.0. The average molecular weight is 364 g/mol. The van der Waals surface area contributed by atoms with Crippen LogP contribution in [0.2, 0.25) is 10.0 Å². The molecule has 1 atom stereocenters. The van der Waals surface area contributed by atoms with Gasteiger partial charge in [-0.15, -0.1) is 0 Å². The molecular weight excluding hydrogens is 345 g/mol. The zero-order chi connectivity index (χ0) is 17.1. The van der Waals surface area contributed by atoms with Gasteiger partial charge >= 0.3 is 0 Å². The average Bonchev–Trinajstić information content (AvgIpc) is 2.62. The molecule has 0 bridgehead atoms. The van der Waals surface area contributed by atoms with Gasteiger partial charge in [0.1, 0.15) is 0 Å². The summed E-state index contributed by atoms with van der Waals surface area (Å²) in [5.41, 5.74) is 2.67. The number of rotatable bonds is 3. The van der Waals surface area contributed by atoms with Crippen molar-refractivity contribution in [3.05, 3.63) is 63.6 Å². The monoisotopic (exact) mass is 363 g/mol. The Kier molecular flexibility index (Phi) is 5.29. The quantitative estimate of drug-likeness (QED) is 0.876. The van der Waals surface area contributed by atoms with Crippen molar-refractivity contribution < 1.29 is 4.79 Å². The molecule has 0 aromatic heterocycles. The summed E-state index contributed by atoms with van der Waals surface area (Å²) < 4.78 is 0. The van der Waals surface area contributed by atoms with E-state index in [0.717, 1.165) is 30.3 Å². The third kappa shape index (κ3) is 3.51. The first-order valence-corrected chi connectivity index (χ1v) is 8.60. The first-order valence-electron chi connectivity index (χ1n) is 7.84. The Hall–Kier alpha value is -1.75. The highest BCUT2D eigenvalue weighted by Crippen LogP contribution is 2.34. The number of benzene rings is 2. The highest BCUT2D eigenvalue weighted by atomic mass is 35.5. The second kappa shape index (κ2) is 7.43. The van der Waals surface area contributed by atoms with Gasteiger partial charge < -0.3 is 15.5 Å². The van der Waals surface area contributed by atoms with Crippen molar-refractivity contribution in [1.82, 2.24) is 10.6 Å². The van der Waals surface area contributed by atoms with Crippen LogP contribution in [-0.4, -0.2) is 32.6 Å². The molecule has 2 aromatic carbocycles. The van der Waals surface area contributed by atoms with Crippen molar-refractivity contribution in [3.63, 3.8) is 0 Å². The lowest BCUT2D eigenvalue weighted by Crippen LogP contribution is -2.46. The van der Waals surface area contributed by atoms with Crippen molar-refractivity contribution >= 4 is 34.8 Å². The van der Waals surface area contributed by atoms with Crippen LogP contribution >= 0.6 is 23.2 Å². The first-order chi connectivity index (χ1) is 11.6. The minimum atomic E-state index is -0.141. The maximum absolute atomic E-state index is 11.8. The zero-order valence-electron chi connectivity index (χ0n) is 13.4. The van der Waals surface area contributed by atoms with E-state index in [1.807, 2.05) is 30.3 Å². The lowest BCUT2D eigenvalue weighted by Gasteiger charge is -2.39. The Labute approximate surface area is 151 Å². The number of amides is 1. The van der Waals surface area contributed by atoms with Gasteiger partial charge in [-0.3, -0.25) is 4.79 Å². The maximum Gasteiger partial charge on any atom is 0.251 e. The smallest absolute Gasteiger partial charge is 0.251 e. The molecule has 1 aliphatic heterocycles. The van der Waals surface area contributed by atoms with Crippen LogP contribution in [0.5, 0.6) is 0 Å². The van der Waals surface area contributed by atoms with E-state index in [0.29, 0.717) is 10.6 Å². The molecule has 0 saturated carbocycles. The second-order valence-corrected chi connectivity index (χ2v) is 6.55. The van der Waals surface area contributed by atoms with Gasteiger partial charge in [0.25, 0.3) is 5.91 Å². The fourth-order valence-corrected chi connectivity index (χ4v) is 3.42. The molecule has 1 aliphatic rings. The number of nitrogens with zero attached hydrogens (tertiary/aromatic N) is 1. The molecule has 24 heavy (non-hydrogen) atoms. The standard InChI is InChI=1S/C18H19Cl2N3O/c1-21-18(24)13-4-7-16(15(20)10-13)23-9-8-22-11-17(23)12-2-5-14(19)6-3-12/h2-7,10,17,22H,8-9,11H2,1H3,(H,21,24)/t17-/m0/s1. The molecule has 0 aliphatic carbocycles. The third-order valence-electron chi connectivity index (χ3n) is 4.24. The molecule has 3 rings (SSSR count). The van der Waals surface area contributed by atoms with Crippen LogP contribution in [0.15, 0.2) is 42.5 Å². The normalized spacial score (nSPS) is 17.6. The van der Waals surface area contributed by atoms with Gasteiger partial charge in [-0.05, 0) is 35.9 Å². The van der Waals surface area contributed by atoms with Gasteiger partial charge in [-0.1, -0.05) is 35.3 Å². The first kappa shape index (κ1) is 17.1. The minimum absolute atomic E-state index is 0.141. The van der Waals surface area contributed by atoms with Gasteiger partial charge in [0, 0.05) is 37.3 Å². The third-order valence-corrected chi connectivity index (χ3v) is 4.80. The zero-order valence-corrected chi connectivity index (χ0v) is 14.9. The Balaban J connectivity index is 1.93. The second-order valence-electron chi connectivity index (χ2n) is 5.71. The van der Waals surface area contributed by atoms with Crippen LogP contribution in [0.25, 0.3) is 0 Å². The lowest BCUT2D eigenvalue weighted by atomic mass is 10.0. The fraction of sp³-hybridized carbons (Fsp3) is 0.278. The van der Waals surface area contributed by atoms with Gasteiger partial charge in [-0.25, -0.2) is 0 Å². The largest absolute Gasteiger partial charge is 0.361 e. The lowest BCUT2D eigenvalue weighted by molar-refractivity contribution is 0.0963. The molecule has 1 fully saturated rings. The molecule has 6 heteroatoms. The van der Waals surface area contributed by atoms with Crippen LogP contribution < -0.4 is 15.5 Å². The molecule has 4 nitrogen and oxygen atoms in total. The van der Waals surface area contributed by atoms with Crippen molar-refractivity contribution in [3.8, 4) is 0 Å². The molecule has 2 aromatic rings. The molecular formula is C18H19Cl2N3O. The van der Waals surface area contributed by atoms with Crippen molar-refractivity contribution in [2.75, 3.05) is 31.6 Å². The predicted octanol–water partition coefficient (Wildman–Crippen LogP) is 3.50. The fourth-order valence-electron chi connectivity index (χ4n) is 3.00. The number of nitrogens with one attached hydrogen (secondary N) is 2. The summed E-state index contributed by atoms with van der Waals surface area (Å²) >= 11 is 12.5.